The molecule has 3 nitrogen and oxygen atoms in total. The minimum Gasteiger partial charge on any atom is -0.465 e. The first-order valence-corrected chi connectivity index (χ1v) is 2.79. The van der Waals surface area contributed by atoms with Crippen LogP contribution in [0.25, 0.3) is 0 Å². The van der Waals surface area contributed by atoms with Crippen LogP contribution in [0.5, 0.6) is 0 Å². The predicted octanol–water partition coefficient (Wildman–Crippen LogP) is 1.55. The lowest BCUT2D eigenvalue weighted by atomic mass is 10.3. The Morgan fingerprint density at radius 1 is 1.55 bits per heavy atom. The lowest BCUT2D eigenvalue weighted by Crippen LogP contribution is -2.43. The van der Waals surface area contributed by atoms with Gasteiger partial charge in [-0.3, -0.25) is 4.90 Å². The van der Waals surface area contributed by atoms with Crippen LogP contribution in [0.1, 0.15) is 6.92 Å². The number of rotatable bonds is 1. The van der Waals surface area contributed by atoms with Crippen molar-refractivity contribution in [2.75, 3.05) is 7.05 Å². The van der Waals surface area contributed by atoms with Gasteiger partial charge in [0.15, 0.2) is 0 Å². The summed E-state index contributed by atoms with van der Waals surface area (Å²) in [6.45, 7) is 0.786. The van der Waals surface area contributed by atoms with Crippen molar-refractivity contribution in [3.63, 3.8) is 0 Å². The molecule has 6 heteroatoms. The third-order valence-electron chi connectivity index (χ3n) is 1.36. The molecule has 0 saturated carbocycles. The van der Waals surface area contributed by atoms with E-state index in [0.717, 1.165) is 14.0 Å². The highest BCUT2D eigenvalue weighted by Crippen LogP contribution is 2.23. The van der Waals surface area contributed by atoms with E-state index >= 15 is 0 Å². The van der Waals surface area contributed by atoms with Gasteiger partial charge in [0.2, 0.25) is 0 Å². The van der Waals surface area contributed by atoms with Crippen molar-refractivity contribution in [2.45, 2.75) is 19.1 Å². The highest BCUT2D eigenvalue weighted by atomic mass is 19.4. The van der Waals surface area contributed by atoms with E-state index in [2.05, 4.69) is 0 Å². The van der Waals surface area contributed by atoms with Gasteiger partial charge in [-0.05, 0) is 6.92 Å². The summed E-state index contributed by atoms with van der Waals surface area (Å²) in [4.78, 5) is 10.2. The quantitative estimate of drug-likeness (QED) is 0.650. The minimum atomic E-state index is -4.49. The molecule has 0 rings (SSSR count). The van der Waals surface area contributed by atoms with Gasteiger partial charge in [-0.25, -0.2) is 4.79 Å². The van der Waals surface area contributed by atoms with Crippen LogP contribution >= 0.6 is 0 Å². The number of carboxylic acid groups (broad SMARTS) is 1. The van der Waals surface area contributed by atoms with Gasteiger partial charge < -0.3 is 5.11 Å². The number of alkyl halides is 3. The molecule has 1 unspecified atom stereocenters. The maximum Gasteiger partial charge on any atom is 0.408 e. The molecule has 0 heterocycles. The number of hydrogen-bond acceptors (Lipinski definition) is 1. The number of halogens is 3. The third kappa shape index (κ3) is 2.65. The maximum atomic E-state index is 11.8. The van der Waals surface area contributed by atoms with Crippen molar-refractivity contribution in [1.82, 2.24) is 4.90 Å². The van der Waals surface area contributed by atoms with E-state index < -0.39 is 18.3 Å². The molecule has 0 fully saturated rings. The summed E-state index contributed by atoms with van der Waals surface area (Å²) in [7, 11) is 0.875. The average Bonchev–Trinajstić information content (AvgIpc) is 1.82. The summed E-state index contributed by atoms with van der Waals surface area (Å²) in [6.07, 6.45) is -6.08. The van der Waals surface area contributed by atoms with Gasteiger partial charge in [0.25, 0.3) is 0 Å². The molecule has 0 aliphatic rings. The number of nitrogens with zero attached hydrogens (tertiary/aromatic N) is 1. The average molecular weight is 171 g/mol. The fraction of sp³-hybridized carbons (Fsp3) is 0.800. The molecule has 66 valence electrons. The molecule has 0 radical (unpaired) electrons. The van der Waals surface area contributed by atoms with Gasteiger partial charge in [0, 0.05) is 7.05 Å². The molecule has 0 aliphatic carbocycles. The van der Waals surface area contributed by atoms with Crippen LogP contribution in [0.4, 0.5) is 18.0 Å². The van der Waals surface area contributed by atoms with Crippen LogP contribution in [0, 0.1) is 0 Å². The first-order valence-electron chi connectivity index (χ1n) is 2.79. The Bertz CT molecular complexity index is 156. The molecule has 1 amide bonds. The van der Waals surface area contributed by atoms with Gasteiger partial charge in [0.1, 0.15) is 6.04 Å². The smallest absolute Gasteiger partial charge is 0.408 e. The Hall–Kier alpha value is -0.940. The van der Waals surface area contributed by atoms with E-state index in [-0.39, 0.29) is 4.90 Å². The molecular weight excluding hydrogens is 163 g/mol. The molecule has 1 atom stereocenters. The van der Waals surface area contributed by atoms with Crippen molar-refractivity contribution >= 4 is 6.09 Å². The molecule has 1 N–H and O–H groups in total. The summed E-state index contributed by atoms with van der Waals surface area (Å²) in [6, 6.07) is -1.96. The first-order chi connectivity index (χ1) is 4.76. The summed E-state index contributed by atoms with van der Waals surface area (Å²) in [5, 5.41) is 8.14. The second-order valence-corrected chi connectivity index (χ2v) is 2.11. The summed E-state index contributed by atoms with van der Waals surface area (Å²) in [5.41, 5.74) is 0. The zero-order valence-corrected chi connectivity index (χ0v) is 6.01. The third-order valence-corrected chi connectivity index (χ3v) is 1.36. The van der Waals surface area contributed by atoms with Gasteiger partial charge in [0.05, 0.1) is 0 Å². The SMILES string of the molecule is CC(N(C)C(=O)O)C(F)(F)F. The molecule has 0 spiro atoms. The highest BCUT2D eigenvalue weighted by Gasteiger charge is 2.40. The van der Waals surface area contributed by atoms with Crippen LogP contribution in [-0.4, -0.2) is 35.4 Å². The highest BCUT2D eigenvalue weighted by molar-refractivity contribution is 5.65. The molecule has 11 heavy (non-hydrogen) atoms. The largest absolute Gasteiger partial charge is 0.465 e. The predicted molar refractivity (Wildman–Crippen MR) is 31.3 cm³/mol. The van der Waals surface area contributed by atoms with E-state index in [0.29, 0.717) is 0 Å². The monoisotopic (exact) mass is 171 g/mol. The van der Waals surface area contributed by atoms with Crippen molar-refractivity contribution in [2.24, 2.45) is 0 Å². The zero-order valence-electron chi connectivity index (χ0n) is 6.01. The van der Waals surface area contributed by atoms with E-state index in [1.54, 1.807) is 0 Å². The Labute approximate surface area is 61.4 Å². The van der Waals surface area contributed by atoms with Crippen molar-refractivity contribution in [1.29, 1.82) is 0 Å². The Morgan fingerprint density at radius 2 is 1.91 bits per heavy atom. The topological polar surface area (TPSA) is 40.5 Å². The summed E-state index contributed by atoms with van der Waals surface area (Å²) >= 11 is 0. The van der Waals surface area contributed by atoms with Crippen LogP contribution < -0.4 is 0 Å². The van der Waals surface area contributed by atoms with E-state index in [9.17, 15) is 18.0 Å². The molecular formula is C5H8F3NO2. The number of hydrogen-bond donors (Lipinski definition) is 1. The minimum absolute atomic E-state index is 0.208. The number of carbonyl (C=O) groups is 1. The van der Waals surface area contributed by atoms with E-state index in [1.807, 2.05) is 0 Å². The van der Waals surface area contributed by atoms with Crippen molar-refractivity contribution in [3.05, 3.63) is 0 Å². The number of amides is 1. The normalized spacial score (nSPS) is 14.3. The van der Waals surface area contributed by atoms with E-state index in [1.165, 1.54) is 0 Å². The second kappa shape index (κ2) is 2.98. The lowest BCUT2D eigenvalue weighted by Gasteiger charge is -2.23. The fourth-order valence-electron chi connectivity index (χ4n) is 0.385. The van der Waals surface area contributed by atoms with Gasteiger partial charge in [-0.15, -0.1) is 0 Å². The second-order valence-electron chi connectivity index (χ2n) is 2.11. The van der Waals surface area contributed by atoms with Crippen molar-refractivity contribution < 1.29 is 23.1 Å². The fourth-order valence-corrected chi connectivity index (χ4v) is 0.385. The van der Waals surface area contributed by atoms with Gasteiger partial charge in [-0.2, -0.15) is 13.2 Å². The molecule has 0 saturated heterocycles. The molecule has 0 bridgehead atoms. The Kier molecular flexibility index (Phi) is 2.72. The van der Waals surface area contributed by atoms with Crippen molar-refractivity contribution in [3.8, 4) is 0 Å². The van der Waals surface area contributed by atoms with Crippen LogP contribution in [0.3, 0.4) is 0 Å². The zero-order chi connectivity index (χ0) is 9.23. The molecule has 0 aromatic rings. The summed E-state index contributed by atoms with van der Waals surface area (Å²) in [5.74, 6) is 0. The maximum absolute atomic E-state index is 11.8. The summed E-state index contributed by atoms with van der Waals surface area (Å²) < 4.78 is 35.3. The molecule has 0 aromatic carbocycles. The molecule has 0 aromatic heterocycles. The van der Waals surface area contributed by atoms with E-state index in [4.69, 9.17) is 5.11 Å². The van der Waals surface area contributed by atoms with Crippen LogP contribution in [-0.2, 0) is 0 Å². The lowest BCUT2D eigenvalue weighted by molar-refractivity contribution is -0.170. The standard InChI is InChI=1S/C5H8F3NO2/c1-3(5(6,7)8)9(2)4(10)11/h3H,1-2H3,(H,10,11). The van der Waals surface area contributed by atoms with Crippen LogP contribution in [0.2, 0.25) is 0 Å². The van der Waals surface area contributed by atoms with Crippen LogP contribution in [0.15, 0.2) is 0 Å². The Morgan fingerprint density at radius 3 is 2.00 bits per heavy atom. The first kappa shape index (κ1) is 10.1. The Balaban J connectivity index is 4.25. The van der Waals surface area contributed by atoms with Gasteiger partial charge >= 0.3 is 12.3 Å². The molecule has 0 aliphatic heterocycles. The van der Waals surface area contributed by atoms with Gasteiger partial charge in [-0.1, -0.05) is 0 Å².